The van der Waals surface area contributed by atoms with E-state index in [1.54, 1.807) is 42.5 Å². The summed E-state index contributed by atoms with van der Waals surface area (Å²) in [7, 11) is 0. The van der Waals surface area contributed by atoms with Crippen molar-refractivity contribution in [3.8, 4) is 0 Å². The lowest BCUT2D eigenvalue weighted by atomic mass is 9.94. The number of carbonyl (C=O) groups is 2. The Hall–Kier alpha value is -2.38. The summed E-state index contributed by atoms with van der Waals surface area (Å²) in [6, 6.07) is 16.0. The van der Waals surface area contributed by atoms with Gasteiger partial charge in [0, 0.05) is 12.8 Å². The van der Waals surface area contributed by atoms with Gasteiger partial charge >= 0.3 is 0 Å². The first-order valence-corrected chi connectivity index (χ1v) is 9.25. The molecule has 0 heterocycles. The first-order chi connectivity index (χ1) is 13.3. The second-order valence-corrected chi connectivity index (χ2v) is 6.82. The van der Waals surface area contributed by atoms with Gasteiger partial charge in [0.05, 0.1) is 12.2 Å². The highest BCUT2D eigenvalue weighted by Crippen LogP contribution is 2.12. The fraction of sp³-hybridized carbons (Fsp3) is 0.364. The molecule has 2 rings (SSSR count). The summed E-state index contributed by atoms with van der Waals surface area (Å²) >= 11 is 0. The fourth-order valence-electron chi connectivity index (χ4n) is 2.87. The summed E-state index contributed by atoms with van der Waals surface area (Å²) in [4.78, 5) is 24.3. The Labute approximate surface area is 164 Å². The molecule has 0 radical (unpaired) electrons. The van der Waals surface area contributed by atoms with Crippen molar-refractivity contribution in [1.29, 1.82) is 0 Å². The van der Waals surface area contributed by atoms with Crippen LogP contribution < -0.4 is 0 Å². The molecule has 4 atom stereocenters. The molecule has 0 aromatic heterocycles. The summed E-state index contributed by atoms with van der Waals surface area (Å²) in [5.41, 5.74) is 2.50. The van der Waals surface area contributed by atoms with Gasteiger partial charge in [-0.2, -0.15) is 0 Å². The van der Waals surface area contributed by atoms with Gasteiger partial charge in [-0.05, 0) is 23.1 Å². The molecule has 2 aromatic rings. The molecule has 0 fully saturated rings. The topological polar surface area (TPSA) is 115 Å². The van der Waals surface area contributed by atoms with E-state index in [2.05, 4.69) is 0 Å². The largest absolute Gasteiger partial charge is 0.390 e. The first kappa shape index (κ1) is 21.9. The number of Topliss-reactive ketones (excluding diaryl/α,β-unsaturated/α-hetero) is 2. The summed E-state index contributed by atoms with van der Waals surface area (Å²) in [6.45, 7) is 2.01. The molecule has 0 saturated carbocycles. The van der Waals surface area contributed by atoms with Crippen molar-refractivity contribution in [2.24, 2.45) is 0 Å². The molecule has 0 saturated heterocycles. The zero-order valence-electron chi connectivity index (χ0n) is 15.7. The van der Waals surface area contributed by atoms with Gasteiger partial charge in [0.25, 0.3) is 0 Å². The molecule has 2 aromatic carbocycles. The third-order valence-corrected chi connectivity index (χ3v) is 4.67. The van der Waals surface area contributed by atoms with Gasteiger partial charge in [-0.1, -0.05) is 61.5 Å². The number of aliphatic hydroxyl groups is 4. The van der Waals surface area contributed by atoms with Crippen LogP contribution in [0.2, 0.25) is 0 Å². The average molecular weight is 386 g/mol. The Morgan fingerprint density at radius 1 is 0.679 bits per heavy atom. The molecule has 6 nitrogen and oxygen atoms in total. The van der Waals surface area contributed by atoms with Gasteiger partial charge < -0.3 is 20.4 Å². The van der Waals surface area contributed by atoms with E-state index in [0.29, 0.717) is 11.1 Å². The smallest absolute Gasteiger partial charge is 0.232 e. The Morgan fingerprint density at radius 3 is 1.50 bits per heavy atom. The van der Waals surface area contributed by atoms with E-state index in [0.717, 1.165) is 12.0 Å². The third-order valence-electron chi connectivity index (χ3n) is 4.67. The molecular weight excluding hydrogens is 360 g/mol. The lowest BCUT2D eigenvalue weighted by Gasteiger charge is -2.20. The maximum absolute atomic E-state index is 12.1. The summed E-state index contributed by atoms with van der Waals surface area (Å²) in [6.07, 6.45) is -6.12. The average Bonchev–Trinajstić information content (AvgIpc) is 2.72. The van der Waals surface area contributed by atoms with Crippen LogP contribution in [-0.4, -0.2) is 56.4 Å². The van der Waals surface area contributed by atoms with E-state index in [4.69, 9.17) is 0 Å². The predicted octanol–water partition coefficient (Wildman–Crippen LogP) is 0.616. The van der Waals surface area contributed by atoms with E-state index in [1.807, 2.05) is 19.1 Å². The van der Waals surface area contributed by atoms with Crippen LogP contribution in [0.5, 0.6) is 0 Å². The van der Waals surface area contributed by atoms with E-state index in [1.165, 1.54) is 0 Å². The highest BCUT2D eigenvalue weighted by molar-refractivity contribution is 6.40. The van der Waals surface area contributed by atoms with Crippen LogP contribution in [0.4, 0.5) is 0 Å². The molecule has 150 valence electrons. The molecule has 4 N–H and O–H groups in total. The lowest BCUT2D eigenvalue weighted by molar-refractivity contribution is -0.152. The summed E-state index contributed by atoms with van der Waals surface area (Å²) in [5.74, 6) is -2.64. The summed E-state index contributed by atoms with van der Waals surface area (Å²) in [5, 5.41) is 40.1. The number of hydrogen-bond donors (Lipinski definition) is 4. The molecule has 0 aliphatic rings. The number of ketones is 2. The third kappa shape index (κ3) is 5.81. The van der Waals surface area contributed by atoms with Crippen molar-refractivity contribution in [3.63, 3.8) is 0 Å². The van der Waals surface area contributed by atoms with Gasteiger partial charge in [0.15, 0.2) is 0 Å². The molecular formula is C22H26O6. The second kappa shape index (κ2) is 10.2. The van der Waals surface area contributed by atoms with Crippen LogP contribution in [0.25, 0.3) is 0 Å². The van der Waals surface area contributed by atoms with Crippen molar-refractivity contribution in [1.82, 2.24) is 0 Å². The van der Waals surface area contributed by atoms with Crippen LogP contribution in [0, 0.1) is 0 Å². The maximum atomic E-state index is 12.1. The fourth-order valence-corrected chi connectivity index (χ4v) is 2.87. The minimum absolute atomic E-state index is 0.0210. The van der Waals surface area contributed by atoms with Gasteiger partial charge in [-0.3, -0.25) is 9.59 Å². The summed E-state index contributed by atoms with van der Waals surface area (Å²) < 4.78 is 0. The Bertz CT molecular complexity index is 771. The van der Waals surface area contributed by atoms with Crippen LogP contribution in [0.3, 0.4) is 0 Å². The quantitative estimate of drug-likeness (QED) is 0.445. The predicted molar refractivity (Wildman–Crippen MR) is 104 cm³/mol. The molecule has 2 unspecified atom stereocenters. The zero-order valence-corrected chi connectivity index (χ0v) is 15.7. The van der Waals surface area contributed by atoms with Crippen molar-refractivity contribution in [3.05, 3.63) is 71.3 Å². The monoisotopic (exact) mass is 386 g/mol. The maximum Gasteiger partial charge on any atom is 0.232 e. The second-order valence-electron chi connectivity index (χ2n) is 6.82. The van der Waals surface area contributed by atoms with E-state index in [-0.39, 0.29) is 12.8 Å². The number of aryl methyl sites for hydroxylation is 1. The zero-order chi connectivity index (χ0) is 20.7. The molecule has 0 aliphatic carbocycles. The Kier molecular flexibility index (Phi) is 8.02. The Morgan fingerprint density at radius 2 is 1.07 bits per heavy atom. The molecule has 0 spiro atoms. The highest BCUT2D eigenvalue weighted by Gasteiger charge is 2.36. The van der Waals surface area contributed by atoms with Crippen molar-refractivity contribution in [2.75, 3.05) is 0 Å². The lowest BCUT2D eigenvalue weighted by Crippen LogP contribution is -2.47. The number of aliphatic hydroxyl groups excluding tert-OH is 4. The van der Waals surface area contributed by atoms with Crippen molar-refractivity contribution < 1.29 is 30.0 Å². The normalized spacial score (nSPS) is 15.5. The van der Waals surface area contributed by atoms with Gasteiger partial charge in [0.1, 0.15) is 12.2 Å². The van der Waals surface area contributed by atoms with Crippen LogP contribution in [-0.2, 0) is 28.9 Å². The minimum Gasteiger partial charge on any atom is -0.390 e. The van der Waals surface area contributed by atoms with Gasteiger partial charge in [-0.15, -0.1) is 0 Å². The molecule has 0 bridgehead atoms. The number of hydrogen-bond acceptors (Lipinski definition) is 6. The van der Waals surface area contributed by atoms with Gasteiger partial charge in [0.2, 0.25) is 11.6 Å². The SMILES string of the molecule is CCc1ccc(CC(O)[C@H](O)C(=O)C(=O)[C@H](O)C(O)Cc2ccccc2)cc1. The van der Waals surface area contributed by atoms with Crippen LogP contribution in [0.15, 0.2) is 54.6 Å². The molecule has 6 heteroatoms. The van der Waals surface area contributed by atoms with E-state index < -0.39 is 36.0 Å². The Balaban J connectivity index is 1.94. The number of carbonyl (C=O) groups excluding carboxylic acids is 2. The molecule has 0 aliphatic heterocycles. The minimum atomic E-state index is -1.98. The molecule has 28 heavy (non-hydrogen) atoms. The molecule has 0 amide bonds. The van der Waals surface area contributed by atoms with Crippen molar-refractivity contribution >= 4 is 11.6 Å². The van der Waals surface area contributed by atoms with Crippen LogP contribution in [0.1, 0.15) is 23.6 Å². The van der Waals surface area contributed by atoms with Gasteiger partial charge in [-0.25, -0.2) is 0 Å². The number of rotatable bonds is 10. The van der Waals surface area contributed by atoms with E-state index >= 15 is 0 Å². The highest BCUT2D eigenvalue weighted by atomic mass is 16.3. The standard InChI is InChI=1S/C22H26O6/c1-2-14-8-10-16(11-9-14)13-18(24)20(26)22(28)21(27)19(25)17(23)12-15-6-4-3-5-7-15/h3-11,17-20,23-26H,2,12-13H2,1H3/t17?,18?,19-,20+/m1/s1. The first-order valence-electron chi connectivity index (χ1n) is 9.25. The van der Waals surface area contributed by atoms with Crippen LogP contribution >= 0.6 is 0 Å². The van der Waals surface area contributed by atoms with Crippen molar-refractivity contribution in [2.45, 2.75) is 50.6 Å². The van der Waals surface area contributed by atoms with E-state index in [9.17, 15) is 30.0 Å². The number of benzene rings is 2.